The molecule has 0 N–H and O–H groups in total. The van der Waals surface area contributed by atoms with Crippen molar-refractivity contribution >= 4 is 11.5 Å². The van der Waals surface area contributed by atoms with Crippen LogP contribution in [0, 0.1) is 10.1 Å². The summed E-state index contributed by atoms with van der Waals surface area (Å²) in [4.78, 5) is 16.9. The summed E-state index contributed by atoms with van der Waals surface area (Å²) in [5.41, 5.74) is 1.02. The molecular weight excluding hydrogens is 308 g/mol. The van der Waals surface area contributed by atoms with Crippen molar-refractivity contribution in [3.63, 3.8) is 0 Å². The van der Waals surface area contributed by atoms with E-state index in [4.69, 9.17) is 0 Å². The zero-order chi connectivity index (χ0) is 16.5. The van der Waals surface area contributed by atoms with Gasteiger partial charge in [-0.2, -0.15) is 0 Å². The van der Waals surface area contributed by atoms with Gasteiger partial charge in [0.05, 0.1) is 11.5 Å². The second-order valence-corrected chi connectivity index (χ2v) is 5.48. The largest absolute Gasteiger partial charge is 0.342 e. The molecule has 0 unspecified atom stereocenters. The molecule has 0 bridgehead atoms. The van der Waals surface area contributed by atoms with E-state index < -0.39 is 4.92 Å². The molecule has 0 amide bonds. The van der Waals surface area contributed by atoms with Crippen molar-refractivity contribution < 1.29 is 4.92 Å². The minimum absolute atomic E-state index is 0.00810. The molecule has 8 heteroatoms. The molecular formula is C16H14N6O2. The van der Waals surface area contributed by atoms with Crippen LogP contribution in [0.3, 0.4) is 0 Å². The van der Waals surface area contributed by atoms with Crippen LogP contribution in [0.1, 0.15) is 5.82 Å². The number of anilines is 1. The molecule has 0 aliphatic carbocycles. The van der Waals surface area contributed by atoms with Crippen molar-refractivity contribution in [3.8, 4) is 11.4 Å². The molecule has 4 rings (SSSR count). The summed E-state index contributed by atoms with van der Waals surface area (Å²) in [7, 11) is 0. The zero-order valence-corrected chi connectivity index (χ0v) is 12.7. The maximum atomic E-state index is 11.2. The smallest absolute Gasteiger partial charge is 0.311 e. The van der Waals surface area contributed by atoms with Crippen LogP contribution in [-0.2, 0) is 13.1 Å². The van der Waals surface area contributed by atoms with Crippen molar-refractivity contribution in [2.45, 2.75) is 13.1 Å². The highest BCUT2D eigenvalue weighted by Crippen LogP contribution is 2.29. The molecule has 3 aromatic rings. The van der Waals surface area contributed by atoms with Gasteiger partial charge in [0.15, 0.2) is 11.6 Å². The summed E-state index contributed by atoms with van der Waals surface area (Å²) in [5, 5.41) is 19.7. The van der Waals surface area contributed by atoms with E-state index in [1.807, 2.05) is 35.2 Å². The summed E-state index contributed by atoms with van der Waals surface area (Å²) in [6.07, 6.45) is 1.57. The van der Waals surface area contributed by atoms with Gasteiger partial charge >= 0.3 is 5.69 Å². The number of aromatic nitrogens is 4. The van der Waals surface area contributed by atoms with E-state index in [-0.39, 0.29) is 5.69 Å². The number of rotatable bonds is 3. The van der Waals surface area contributed by atoms with Crippen LogP contribution in [0.5, 0.6) is 0 Å². The number of hydrogen-bond acceptors (Lipinski definition) is 6. The first kappa shape index (κ1) is 14.3. The van der Waals surface area contributed by atoms with E-state index in [0.717, 1.165) is 17.2 Å². The van der Waals surface area contributed by atoms with Gasteiger partial charge in [0.1, 0.15) is 0 Å². The topological polar surface area (TPSA) is 90.0 Å². The van der Waals surface area contributed by atoms with E-state index >= 15 is 0 Å². The molecule has 0 spiro atoms. The number of hydrogen-bond donors (Lipinski definition) is 0. The van der Waals surface area contributed by atoms with E-state index in [0.29, 0.717) is 25.5 Å². The molecule has 0 fully saturated rings. The van der Waals surface area contributed by atoms with Crippen molar-refractivity contribution in [1.29, 1.82) is 0 Å². The highest BCUT2D eigenvalue weighted by atomic mass is 16.6. The van der Waals surface area contributed by atoms with Crippen molar-refractivity contribution in [1.82, 2.24) is 19.7 Å². The molecule has 1 aliphatic heterocycles. The van der Waals surface area contributed by atoms with Crippen molar-refractivity contribution in [3.05, 3.63) is 64.6 Å². The minimum Gasteiger partial charge on any atom is -0.342 e. The summed E-state index contributed by atoms with van der Waals surface area (Å²) >= 11 is 0. The fourth-order valence-corrected chi connectivity index (χ4v) is 2.91. The fraction of sp³-hybridized carbons (Fsp3) is 0.188. The Kier molecular flexibility index (Phi) is 3.42. The third-order valence-corrected chi connectivity index (χ3v) is 4.05. The molecule has 8 nitrogen and oxygen atoms in total. The van der Waals surface area contributed by atoms with E-state index in [1.165, 1.54) is 6.07 Å². The quantitative estimate of drug-likeness (QED) is 0.543. The minimum atomic E-state index is -0.406. The Bertz CT molecular complexity index is 893. The zero-order valence-electron chi connectivity index (χ0n) is 12.7. The van der Waals surface area contributed by atoms with Gasteiger partial charge in [-0.25, -0.2) is 4.98 Å². The molecule has 120 valence electrons. The molecule has 3 heterocycles. The number of pyridine rings is 1. The molecule has 0 atom stereocenters. The summed E-state index contributed by atoms with van der Waals surface area (Å²) in [5.74, 6) is 1.97. The van der Waals surface area contributed by atoms with Crippen LogP contribution in [0.2, 0.25) is 0 Å². The lowest BCUT2D eigenvalue weighted by Crippen LogP contribution is -2.35. The molecule has 1 aromatic carbocycles. The van der Waals surface area contributed by atoms with Crippen LogP contribution < -0.4 is 4.90 Å². The highest BCUT2D eigenvalue weighted by molar-refractivity contribution is 5.59. The number of benzene rings is 1. The lowest BCUT2D eigenvalue weighted by molar-refractivity contribution is -0.384. The average molecular weight is 322 g/mol. The summed E-state index contributed by atoms with van der Waals surface area (Å²) in [6, 6.07) is 12.9. The van der Waals surface area contributed by atoms with Crippen molar-refractivity contribution in [2.75, 3.05) is 11.4 Å². The van der Waals surface area contributed by atoms with E-state index in [9.17, 15) is 10.1 Å². The predicted molar refractivity (Wildman–Crippen MR) is 87.4 cm³/mol. The van der Waals surface area contributed by atoms with Crippen LogP contribution in [0.15, 0.2) is 48.7 Å². The lowest BCUT2D eigenvalue weighted by atomic mass is 10.2. The molecule has 0 radical (unpaired) electrons. The lowest BCUT2D eigenvalue weighted by Gasteiger charge is -2.28. The van der Waals surface area contributed by atoms with Gasteiger partial charge in [-0.1, -0.05) is 30.3 Å². The molecule has 0 saturated heterocycles. The van der Waals surface area contributed by atoms with E-state index in [2.05, 4.69) is 19.7 Å². The maximum Gasteiger partial charge on any atom is 0.311 e. The Hall–Kier alpha value is -3.29. The van der Waals surface area contributed by atoms with E-state index in [1.54, 1.807) is 12.3 Å². The van der Waals surface area contributed by atoms with Gasteiger partial charge in [-0.15, -0.1) is 10.2 Å². The standard InChI is InChI=1S/C16H14N6O2/c23-22(24)13-7-4-8-17-16(13)20-9-10-21-14(11-20)18-19-15(21)12-5-2-1-3-6-12/h1-8H,9-11H2. The molecule has 1 aliphatic rings. The molecule has 0 saturated carbocycles. The number of fused-ring (bicyclic) bond motifs is 1. The number of nitrogens with zero attached hydrogens (tertiary/aromatic N) is 6. The molecule has 2 aromatic heterocycles. The Morgan fingerprint density at radius 2 is 1.88 bits per heavy atom. The summed E-state index contributed by atoms with van der Waals surface area (Å²) in [6.45, 7) is 1.71. The monoisotopic (exact) mass is 322 g/mol. The van der Waals surface area contributed by atoms with Gasteiger partial charge in [-0.3, -0.25) is 10.1 Å². The second kappa shape index (κ2) is 5.73. The second-order valence-electron chi connectivity index (χ2n) is 5.48. The first-order valence-corrected chi connectivity index (χ1v) is 7.56. The Balaban J connectivity index is 1.67. The number of nitro groups is 1. The van der Waals surface area contributed by atoms with Gasteiger partial charge in [-0.05, 0) is 6.07 Å². The van der Waals surface area contributed by atoms with Crippen LogP contribution in [0.4, 0.5) is 11.5 Å². The van der Waals surface area contributed by atoms with Gasteiger partial charge in [0, 0.05) is 30.9 Å². The van der Waals surface area contributed by atoms with Crippen LogP contribution >= 0.6 is 0 Å². The Morgan fingerprint density at radius 1 is 1.04 bits per heavy atom. The average Bonchev–Trinajstić information content (AvgIpc) is 3.05. The van der Waals surface area contributed by atoms with Gasteiger partial charge < -0.3 is 9.47 Å². The van der Waals surface area contributed by atoms with Crippen LogP contribution in [-0.4, -0.2) is 31.2 Å². The van der Waals surface area contributed by atoms with Crippen molar-refractivity contribution in [2.24, 2.45) is 0 Å². The highest BCUT2D eigenvalue weighted by Gasteiger charge is 2.27. The van der Waals surface area contributed by atoms with Gasteiger partial charge in [0.25, 0.3) is 0 Å². The fourth-order valence-electron chi connectivity index (χ4n) is 2.91. The Morgan fingerprint density at radius 3 is 2.67 bits per heavy atom. The third kappa shape index (κ3) is 2.37. The predicted octanol–water partition coefficient (Wildman–Crippen LogP) is 2.27. The van der Waals surface area contributed by atoms with Crippen LogP contribution in [0.25, 0.3) is 11.4 Å². The normalized spacial score (nSPS) is 13.6. The first-order chi connectivity index (χ1) is 11.7. The SMILES string of the molecule is O=[N+]([O-])c1cccnc1N1CCn2c(nnc2-c2ccccc2)C1. The summed E-state index contributed by atoms with van der Waals surface area (Å²) < 4.78 is 2.06. The van der Waals surface area contributed by atoms with Gasteiger partial charge in [0.2, 0.25) is 5.82 Å². The third-order valence-electron chi connectivity index (χ3n) is 4.05. The maximum absolute atomic E-state index is 11.2. The molecule has 24 heavy (non-hydrogen) atoms. The first-order valence-electron chi connectivity index (χ1n) is 7.56. The Labute approximate surface area is 137 Å².